The van der Waals surface area contributed by atoms with Gasteiger partial charge in [0.15, 0.2) is 0 Å². The van der Waals surface area contributed by atoms with Crippen molar-refractivity contribution in [2.75, 3.05) is 24.7 Å². The Morgan fingerprint density at radius 3 is 1.73 bits per heavy atom. The highest BCUT2D eigenvalue weighted by molar-refractivity contribution is 8.00. The number of hydrogen-bond donors (Lipinski definition) is 0. The highest BCUT2D eigenvalue weighted by Gasteiger charge is 2.06. The van der Waals surface area contributed by atoms with Gasteiger partial charge in [-0.3, -0.25) is 9.59 Å². The second-order valence-corrected chi connectivity index (χ2v) is 3.42. The molecule has 15 heavy (non-hydrogen) atoms. The summed E-state index contributed by atoms with van der Waals surface area (Å²) >= 11 is 1.15. The molecule has 0 rings (SSSR count). The van der Waals surface area contributed by atoms with Gasteiger partial charge in [0.25, 0.3) is 0 Å². The average Bonchev–Trinajstić information content (AvgIpc) is 2.23. The van der Waals surface area contributed by atoms with E-state index in [0.29, 0.717) is 0 Å². The third kappa shape index (κ3) is 9.08. The Morgan fingerprint density at radius 2 is 1.40 bits per heavy atom. The fourth-order valence-corrected chi connectivity index (χ4v) is 1.21. The minimum absolute atomic E-state index is 0.136. The van der Waals surface area contributed by atoms with Crippen molar-refractivity contribution in [2.24, 2.45) is 0 Å². The summed E-state index contributed by atoms with van der Waals surface area (Å²) in [5.74, 6) is -0.457. The smallest absolute Gasteiger partial charge is 0.316 e. The molecule has 0 aliphatic rings. The number of hydrogen-bond acceptors (Lipinski definition) is 5. The molecule has 0 unspecified atom stereocenters. The predicted molar refractivity (Wildman–Crippen MR) is 59.6 cm³/mol. The number of carbonyl (C=O) groups is 2. The van der Waals surface area contributed by atoms with Crippen LogP contribution in [0.5, 0.6) is 0 Å². The van der Waals surface area contributed by atoms with Gasteiger partial charge in [-0.05, 0) is 0 Å². The van der Waals surface area contributed by atoms with E-state index in [0.717, 1.165) is 11.8 Å². The van der Waals surface area contributed by atoms with Crippen molar-refractivity contribution in [3.8, 4) is 0 Å². The van der Waals surface area contributed by atoms with Crippen LogP contribution < -0.4 is 0 Å². The predicted octanol–water partition coefficient (Wildman–Crippen LogP) is 1.18. The van der Waals surface area contributed by atoms with Crippen molar-refractivity contribution < 1.29 is 19.1 Å². The van der Waals surface area contributed by atoms with Gasteiger partial charge in [0.2, 0.25) is 0 Å². The number of rotatable bonds is 8. The normalized spacial score (nSPS) is 9.07. The lowest BCUT2D eigenvalue weighted by Crippen LogP contribution is -2.12. The topological polar surface area (TPSA) is 52.6 Å². The van der Waals surface area contributed by atoms with E-state index in [1.807, 2.05) is 0 Å². The van der Waals surface area contributed by atoms with Crippen LogP contribution in [0.15, 0.2) is 25.3 Å². The first-order chi connectivity index (χ1) is 7.20. The first kappa shape index (κ1) is 13.8. The van der Waals surface area contributed by atoms with Crippen molar-refractivity contribution in [3.05, 3.63) is 25.3 Å². The van der Waals surface area contributed by atoms with Gasteiger partial charge in [-0.2, -0.15) is 0 Å². The standard InChI is InChI=1S/C10H14O4S/c1-3-5-13-9(11)7-15-8-10(12)14-6-4-2/h3-4H,1-2,5-8H2. The van der Waals surface area contributed by atoms with E-state index < -0.39 is 0 Å². The Kier molecular flexibility index (Phi) is 8.56. The largest absolute Gasteiger partial charge is 0.461 e. The molecule has 5 heteroatoms. The zero-order valence-electron chi connectivity index (χ0n) is 8.44. The molecule has 4 nitrogen and oxygen atoms in total. The van der Waals surface area contributed by atoms with Crippen LogP contribution in [0.1, 0.15) is 0 Å². The Balaban J connectivity index is 3.43. The van der Waals surface area contributed by atoms with Gasteiger partial charge in [0.1, 0.15) is 13.2 Å². The van der Waals surface area contributed by atoms with E-state index in [2.05, 4.69) is 13.2 Å². The van der Waals surface area contributed by atoms with Crippen molar-refractivity contribution in [3.63, 3.8) is 0 Å². The summed E-state index contributed by atoms with van der Waals surface area (Å²) in [6.45, 7) is 7.20. The molecule has 84 valence electrons. The van der Waals surface area contributed by atoms with Crippen LogP contribution in [-0.2, 0) is 19.1 Å². The summed E-state index contributed by atoms with van der Waals surface area (Å²) in [5.41, 5.74) is 0. The third-order valence-electron chi connectivity index (χ3n) is 1.16. The second-order valence-electron chi connectivity index (χ2n) is 2.44. The van der Waals surface area contributed by atoms with Gasteiger partial charge in [0, 0.05) is 0 Å². The summed E-state index contributed by atoms with van der Waals surface area (Å²) in [4.78, 5) is 21.9. The van der Waals surface area contributed by atoms with Crippen LogP contribution in [0.2, 0.25) is 0 Å². The Morgan fingerprint density at radius 1 is 1.00 bits per heavy atom. The van der Waals surface area contributed by atoms with Crippen molar-refractivity contribution in [1.29, 1.82) is 0 Å². The Labute approximate surface area is 93.3 Å². The molecule has 0 amide bonds. The van der Waals surface area contributed by atoms with Gasteiger partial charge in [-0.25, -0.2) is 0 Å². The molecule has 0 aliphatic heterocycles. The van der Waals surface area contributed by atoms with E-state index in [4.69, 9.17) is 9.47 Å². The van der Waals surface area contributed by atoms with Crippen LogP contribution in [0, 0.1) is 0 Å². The molecule has 0 atom stereocenters. The van der Waals surface area contributed by atoms with Crippen LogP contribution in [0.4, 0.5) is 0 Å². The fraction of sp³-hybridized carbons (Fsp3) is 0.400. The van der Waals surface area contributed by atoms with E-state index in [1.165, 1.54) is 12.2 Å². The number of ether oxygens (including phenoxy) is 2. The van der Waals surface area contributed by atoms with Gasteiger partial charge in [-0.1, -0.05) is 25.3 Å². The molecule has 0 heterocycles. The zero-order valence-corrected chi connectivity index (χ0v) is 9.26. The molecule has 0 N–H and O–H groups in total. The zero-order chi connectivity index (χ0) is 11.5. The van der Waals surface area contributed by atoms with E-state index >= 15 is 0 Å². The van der Waals surface area contributed by atoms with Crippen LogP contribution in [-0.4, -0.2) is 36.7 Å². The minimum atomic E-state index is -0.364. The maximum Gasteiger partial charge on any atom is 0.316 e. The molecule has 0 aliphatic carbocycles. The van der Waals surface area contributed by atoms with Crippen molar-refractivity contribution in [1.82, 2.24) is 0 Å². The number of carbonyl (C=O) groups excluding carboxylic acids is 2. The highest BCUT2D eigenvalue weighted by atomic mass is 32.2. The molecule has 0 bridgehead atoms. The van der Waals surface area contributed by atoms with E-state index in [9.17, 15) is 9.59 Å². The monoisotopic (exact) mass is 230 g/mol. The van der Waals surface area contributed by atoms with Gasteiger partial charge in [-0.15, -0.1) is 11.8 Å². The number of esters is 2. The Hall–Kier alpha value is -1.23. The summed E-state index contributed by atoms with van der Waals surface area (Å²) < 4.78 is 9.42. The summed E-state index contributed by atoms with van der Waals surface area (Å²) in [5, 5.41) is 0. The van der Waals surface area contributed by atoms with Gasteiger partial charge >= 0.3 is 11.9 Å². The van der Waals surface area contributed by atoms with Crippen LogP contribution >= 0.6 is 11.8 Å². The quantitative estimate of drug-likeness (QED) is 0.463. The molecule has 0 saturated heterocycles. The van der Waals surface area contributed by atoms with Gasteiger partial charge in [0.05, 0.1) is 11.5 Å². The third-order valence-corrected chi connectivity index (χ3v) is 2.04. The molecule has 0 spiro atoms. The maximum atomic E-state index is 10.9. The van der Waals surface area contributed by atoms with Crippen molar-refractivity contribution in [2.45, 2.75) is 0 Å². The Bertz CT molecular complexity index is 214. The molecular weight excluding hydrogens is 216 g/mol. The molecule has 0 saturated carbocycles. The summed E-state index contributed by atoms with van der Waals surface area (Å²) in [6.07, 6.45) is 2.97. The first-order valence-corrected chi connectivity index (χ1v) is 5.47. The first-order valence-electron chi connectivity index (χ1n) is 4.31. The van der Waals surface area contributed by atoms with E-state index in [-0.39, 0.29) is 36.7 Å². The van der Waals surface area contributed by atoms with Crippen molar-refractivity contribution >= 4 is 23.7 Å². The lowest BCUT2D eigenvalue weighted by molar-refractivity contribution is -0.139. The maximum absolute atomic E-state index is 10.9. The molecule has 0 aromatic rings. The SMILES string of the molecule is C=CCOC(=O)CSCC(=O)OCC=C. The molecular formula is C10H14O4S. The molecule has 0 fully saturated rings. The van der Waals surface area contributed by atoms with Crippen LogP contribution in [0.25, 0.3) is 0 Å². The molecule has 0 aromatic carbocycles. The summed E-state index contributed by atoms with van der Waals surface area (Å²) in [6, 6.07) is 0. The second kappa shape index (κ2) is 9.33. The van der Waals surface area contributed by atoms with Crippen LogP contribution in [0.3, 0.4) is 0 Å². The average molecular weight is 230 g/mol. The minimum Gasteiger partial charge on any atom is -0.461 e. The molecule has 0 radical (unpaired) electrons. The lowest BCUT2D eigenvalue weighted by atomic mass is 10.7. The number of thioether (sulfide) groups is 1. The lowest BCUT2D eigenvalue weighted by Gasteiger charge is -2.02. The van der Waals surface area contributed by atoms with Gasteiger partial charge < -0.3 is 9.47 Å². The highest BCUT2D eigenvalue weighted by Crippen LogP contribution is 2.01. The fourth-order valence-electron chi connectivity index (χ4n) is 0.605. The summed E-state index contributed by atoms with van der Waals surface area (Å²) in [7, 11) is 0. The molecule has 0 aromatic heterocycles. The van der Waals surface area contributed by atoms with E-state index in [1.54, 1.807) is 0 Å².